The molecule has 1 atom stereocenters. The molecule has 96 valence electrons. The van der Waals surface area contributed by atoms with Crippen LogP contribution in [0.5, 0.6) is 0 Å². The molecule has 0 amide bonds. The molecule has 19 heavy (non-hydrogen) atoms. The molecule has 1 unspecified atom stereocenters. The minimum Gasteiger partial charge on any atom is -0.411 e. The summed E-state index contributed by atoms with van der Waals surface area (Å²) in [6, 6.07) is 16.9. The second kappa shape index (κ2) is 4.88. The summed E-state index contributed by atoms with van der Waals surface area (Å²) in [6.07, 6.45) is 1.83. The van der Waals surface area contributed by atoms with Crippen LogP contribution >= 0.6 is 0 Å². The SMILES string of the molecule is Cc1ccc2c(c1)C(c1ccccc1)CCC2=NO. The van der Waals surface area contributed by atoms with E-state index < -0.39 is 0 Å². The Kier molecular flexibility index (Phi) is 3.08. The minimum absolute atomic E-state index is 0.404. The number of aryl methyl sites for hydroxylation is 1. The molecule has 2 aromatic carbocycles. The zero-order valence-electron chi connectivity index (χ0n) is 11.0. The van der Waals surface area contributed by atoms with Crippen molar-refractivity contribution in [2.24, 2.45) is 5.16 Å². The first kappa shape index (κ1) is 12.0. The van der Waals surface area contributed by atoms with Crippen molar-refractivity contribution < 1.29 is 5.21 Å². The molecule has 0 fully saturated rings. The lowest BCUT2D eigenvalue weighted by Gasteiger charge is -2.27. The topological polar surface area (TPSA) is 32.6 Å². The molecule has 2 heteroatoms. The third-order valence-corrected chi connectivity index (χ3v) is 3.89. The molecule has 0 radical (unpaired) electrons. The van der Waals surface area contributed by atoms with E-state index in [-0.39, 0.29) is 0 Å². The molecule has 0 aromatic heterocycles. The number of hydrogen-bond acceptors (Lipinski definition) is 2. The summed E-state index contributed by atoms with van der Waals surface area (Å²) in [7, 11) is 0. The summed E-state index contributed by atoms with van der Waals surface area (Å²) < 4.78 is 0. The highest BCUT2D eigenvalue weighted by Gasteiger charge is 2.25. The number of fused-ring (bicyclic) bond motifs is 1. The Balaban J connectivity index is 2.13. The van der Waals surface area contributed by atoms with Gasteiger partial charge in [-0.2, -0.15) is 0 Å². The minimum atomic E-state index is 0.404. The zero-order valence-corrected chi connectivity index (χ0v) is 11.0. The van der Waals surface area contributed by atoms with Gasteiger partial charge in [-0.3, -0.25) is 0 Å². The summed E-state index contributed by atoms with van der Waals surface area (Å²) in [6.45, 7) is 2.10. The van der Waals surface area contributed by atoms with Crippen LogP contribution in [0.4, 0.5) is 0 Å². The molecule has 0 saturated carbocycles. The molecule has 0 bridgehead atoms. The van der Waals surface area contributed by atoms with Gasteiger partial charge in [-0.05, 0) is 30.9 Å². The third kappa shape index (κ3) is 2.14. The van der Waals surface area contributed by atoms with E-state index in [0.717, 1.165) is 24.1 Å². The van der Waals surface area contributed by atoms with Gasteiger partial charge in [0.2, 0.25) is 0 Å². The van der Waals surface area contributed by atoms with Crippen molar-refractivity contribution in [3.8, 4) is 0 Å². The maximum Gasteiger partial charge on any atom is 0.0871 e. The first-order valence-electron chi connectivity index (χ1n) is 6.66. The Hall–Kier alpha value is -2.09. The number of oxime groups is 1. The van der Waals surface area contributed by atoms with E-state index in [9.17, 15) is 0 Å². The molecule has 1 aliphatic rings. The van der Waals surface area contributed by atoms with Crippen molar-refractivity contribution in [2.75, 3.05) is 0 Å². The Morgan fingerprint density at radius 1 is 1.11 bits per heavy atom. The second-order valence-electron chi connectivity index (χ2n) is 5.14. The maximum atomic E-state index is 9.15. The van der Waals surface area contributed by atoms with Crippen molar-refractivity contribution in [1.82, 2.24) is 0 Å². The number of nitrogens with zero attached hydrogens (tertiary/aromatic N) is 1. The van der Waals surface area contributed by atoms with E-state index in [4.69, 9.17) is 5.21 Å². The number of hydrogen-bond donors (Lipinski definition) is 1. The summed E-state index contributed by atoms with van der Waals surface area (Å²) in [4.78, 5) is 0. The molecule has 1 aliphatic carbocycles. The third-order valence-electron chi connectivity index (χ3n) is 3.89. The molecular formula is C17H17NO. The second-order valence-corrected chi connectivity index (χ2v) is 5.14. The standard InChI is InChI=1S/C17H17NO/c1-12-7-8-15-16(11-12)14(9-10-17(15)18-19)13-5-3-2-4-6-13/h2-8,11,14,19H,9-10H2,1H3. The van der Waals surface area contributed by atoms with E-state index in [0.29, 0.717) is 5.92 Å². The monoisotopic (exact) mass is 251 g/mol. The van der Waals surface area contributed by atoms with E-state index in [2.05, 4.69) is 54.5 Å². The van der Waals surface area contributed by atoms with Crippen molar-refractivity contribution >= 4 is 5.71 Å². The van der Waals surface area contributed by atoms with Gasteiger partial charge in [0, 0.05) is 11.5 Å². The van der Waals surface area contributed by atoms with Gasteiger partial charge >= 0.3 is 0 Å². The molecule has 0 spiro atoms. The molecule has 2 aromatic rings. The van der Waals surface area contributed by atoms with Gasteiger partial charge in [0.05, 0.1) is 5.71 Å². The van der Waals surface area contributed by atoms with Crippen LogP contribution in [0.1, 0.15) is 41.0 Å². The molecule has 0 saturated heterocycles. The molecule has 0 aliphatic heterocycles. The normalized spacial score (nSPS) is 20.3. The van der Waals surface area contributed by atoms with E-state index >= 15 is 0 Å². The Labute approximate surface area is 113 Å². The number of benzene rings is 2. The van der Waals surface area contributed by atoms with E-state index in [1.165, 1.54) is 16.7 Å². The number of rotatable bonds is 1. The average Bonchev–Trinajstić information content (AvgIpc) is 2.46. The molecule has 3 rings (SSSR count). The lowest BCUT2D eigenvalue weighted by atomic mass is 9.77. The van der Waals surface area contributed by atoms with E-state index in [1.54, 1.807) is 0 Å². The Bertz CT molecular complexity index is 616. The average molecular weight is 251 g/mol. The molecule has 2 nitrogen and oxygen atoms in total. The smallest absolute Gasteiger partial charge is 0.0871 e. The summed E-state index contributed by atoms with van der Waals surface area (Å²) >= 11 is 0. The van der Waals surface area contributed by atoms with Crippen LogP contribution in [0.15, 0.2) is 53.7 Å². The highest BCUT2D eigenvalue weighted by atomic mass is 16.4. The molecular weight excluding hydrogens is 234 g/mol. The highest BCUT2D eigenvalue weighted by molar-refractivity contribution is 6.02. The van der Waals surface area contributed by atoms with Crippen molar-refractivity contribution in [3.05, 3.63) is 70.8 Å². The van der Waals surface area contributed by atoms with Gasteiger partial charge in [0.25, 0.3) is 0 Å². The first-order chi connectivity index (χ1) is 9.29. The fourth-order valence-corrected chi connectivity index (χ4v) is 2.94. The van der Waals surface area contributed by atoms with Gasteiger partial charge in [0.1, 0.15) is 0 Å². The largest absolute Gasteiger partial charge is 0.411 e. The lowest BCUT2D eigenvalue weighted by Crippen LogP contribution is -2.17. The highest BCUT2D eigenvalue weighted by Crippen LogP contribution is 2.37. The van der Waals surface area contributed by atoms with Crippen LogP contribution in [0.3, 0.4) is 0 Å². The van der Waals surface area contributed by atoms with Crippen LogP contribution in [0.2, 0.25) is 0 Å². The van der Waals surface area contributed by atoms with Gasteiger partial charge in [0.15, 0.2) is 0 Å². The first-order valence-corrected chi connectivity index (χ1v) is 6.66. The van der Waals surface area contributed by atoms with Gasteiger partial charge in [-0.25, -0.2) is 0 Å². The molecule has 0 heterocycles. The van der Waals surface area contributed by atoms with Crippen LogP contribution in [-0.4, -0.2) is 10.9 Å². The van der Waals surface area contributed by atoms with Crippen molar-refractivity contribution in [3.63, 3.8) is 0 Å². The van der Waals surface area contributed by atoms with Crippen molar-refractivity contribution in [2.45, 2.75) is 25.7 Å². The fraction of sp³-hybridized carbons (Fsp3) is 0.235. The zero-order chi connectivity index (χ0) is 13.2. The quantitative estimate of drug-likeness (QED) is 0.600. The van der Waals surface area contributed by atoms with Gasteiger partial charge in [-0.1, -0.05) is 59.3 Å². The van der Waals surface area contributed by atoms with Crippen LogP contribution < -0.4 is 0 Å². The Morgan fingerprint density at radius 3 is 2.63 bits per heavy atom. The van der Waals surface area contributed by atoms with Crippen LogP contribution in [0.25, 0.3) is 0 Å². The predicted molar refractivity (Wildman–Crippen MR) is 77.0 cm³/mol. The predicted octanol–water partition coefficient (Wildman–Crippen LogP) is 4.10. The maximum absolute atomic E-state index is 9.15. The molecule has 1 N–H and O–H groups in total. The summed E-state index contributed by atoms with van der Waals surface area (Å²) in [5, 5.41) is 12.6. The summed E-state index contributed by atoms with van der Waals surface area (Å²) in [5.74, 6) is 0.404. The Morgan fingerprint density at radius 2 is 1.89 bits per heavy atom. The van der Waals surface area contributed by atoms with Gasteiger partial charge in [-0.15, -0.1) is 0 Å². The van der Waals surface area contributed by atoms with Crippen LogP contribution in [-0.2, 0) is 0 Å². The summed E-state index contributed by atoms with van der Waals surface area (Å²) in [5.41, 5.74) is 5.77. The van der Waals surface area contributed by atoms with Crippen LogP contribution in [0, 0.1) is 6.92 Å². The van der Waals surface area contributed by atoms with Crippen molar-refractivity contribution in [1.29, 1.82) is 0 Å². The van der Waals surface area contributed by atoms with E-state index in [1.807, 2.05) is 6.07 Å². The fourth-order valence-electron chi connectivity index (χ4n) is 2.94. The lowest BCUT2D eigenvalue weighted by molar-refractivity contribution is 0.317. The van der Waals surface area contributed by atoms with Gasteiger partial charge < -0.3 is 5.21 Å².